The predicted molar refractivity (Wildman–Crippen MR) is 83.1 cm³/mol. The lowest BCUT2D eigenvalue weighted by Gasteiger charge is -2.26. The van der Waals surface area contributed by atoms with E-state index in [1.165, 1.54) is 31.2 Å². The monoisotopic (exact) mass is 339 g/mol. The van der Waals surface area contributed by atoms with E-state index in [1.807, 2.05) is 0 Å². The van der Waals surface area contributed by atoms with Crippen molar-refractivity contribution in [1.29, 1.82) is 0 Å². The number of hydrogen-bond acceptors (Lipinski definition) is 3. The fourth-order valence-electron chi connectivity index (χ4n) is 3.08. The van der Waals surface area contributed by atoms with Crippen molar-refractivity contribution in [3.05, 3.63) is 22.2 Å². The molecule has 20 heavy (non-hydrogen) atoms. The first-order valence-corrected chi connectivity index (χ1v) is 8.30. The zero-order valence-electron chi connectivity index (χ0n) is 12.0. The summed E-state index contributed by atoms with van der Waals surface area (Å²) in [5, 5.41) is 3.59. The Kier molecular flexibility index (Phi) is 4.51. The highest BCUT2D eigenvalue weighted by Gasteiger charge is 2.19. The van der Waals surface area contributed by atoms with Gasteiger partial charge in [0.05, 0.1) is 4.47 Å². The SMILES string of the molecule is CC1CCC(CNCc2cc(Br)c3c(c2)OCO3)CC1. The van der Waals surface area contributed by atoms with Gasteiger partial charge in [0.15, 0.2) is 11.5 Å². The zero-order chi connectivity index (χ0) is 13.9. The van der Waals surface area contributed by atoms with Crippen molar-refractivity contribution in [2.45, 2.75) is 39.2 Å². The van der Waals surface area contributed by atoms with Crippen molar-refractivity contribution in [2.24, 2.45) is 11.8 Å². The van der Waals surface area contributed by atoms with Crippen molar-refractivity contribution in [3.8, 4) is 11.5 Å². The van der Waals surface area contributed by atoms with E-state index in [9.17, 15) is 0 Å². The number of ether oxygens (including phenoxy) is 2. The molecule has 1 aromatic rings. The van der Waals surface area contributed by atoms with Gasteiger partial charge < -0.3 is 14.8 Å². The molecule has 0 amide bonds. The van der Waals surface area contributed by atoms with Crippen LogP contribution in [0.3, 0.4) is 0 Å². The quantitative estimate of drug-likeness (QED) is 0.895. The van der Waals surface area contributed by atoms with Crippen LogP contribution in [0.1, 0.15) is 38.2 Å². The first-order valence-electron chi connectivity index (χ1n) is 7.51. The maximum atomic E-state index is 5.45. The summed E-state index contributed by atoms with van der Waals surface area (Å²) in [6.45, 7) is 4.71. The minimum absolute atomic E-state index is 0.324. The standard InChI is InChI=1S/C16H22BrNO2/c1-11-2-4-12(5-3-11)8-18-9-13-6-14(17)16-15(7-13)19-10-20-16/h6-7,11-12,18H,2-5,8-10H2,1H3. The number of fused-ring (bicyclic) bond motifs is 1. The molecule has 1 aliphatic carbocycles. The maximum absolute atomic E-state index is 5.45. The predicted octanol–water partition coefficient (Wildman–Crippen LogP) is 4.09. The molecule has 0 bridgehead atoms. The van der Waals surface area contributed by atoms with Gasteiger partial charge in [-0.2, -0.15) is 0 Å². The van der Waals surface area contributed by atoms with E-state index >= 15 is 0 Å². The Labute approximate surface area is 129 Å². The number of rotatable bonds is 4. The van der Waals surface area contributed by atoms with Crippen LogP contribution < -0.4 is 14.8 Å². The van der Waals surface area contributed by atoms with Crippen molar-refractivity contribution in [1.82, 2.24) is 5.32 Å². The topological polar surface area (TPSA) is 30.5 Å². The average Bonchev–Trinajstić information content (AvgIpc) is 2.90. The van der Waals surface area contributed by atoms with Gasteiger partial charge in [-0.25, -0.2) is 0 Å². The lowest BCUT2D eigenvalue weighted by molar-refractivity contribution is 0.173. The molecule has 1 heterocycles. The second-order valence-corrected chi connectivity index (χ2v) is 6.92. The first-order chi connectivity index (χ1) is 9.72. The fraction of sp³-hybridized carbons (Fsp3) is 0.625. The normalized spacial score (nSPS) is 24.9. The summed E-state index contributed by atoms with van der Waals surface area (Å²) in [4.78, 5) is 0. The van der Waals surface area contributed by atoms with Gasteiger partial charge in [0.1, 0.15) is 0 Å². The van der Waals surface area contributed by atoms with Gasteiger partial charge in [0, 0.05) is 6.54 Å². The number of hydrogen-bond donors (Lipinski definition) is 1. The highest BCUT2D eigenvalue weighted by atomic mass is 79.9. The second kappa shape index (κ2) is 6.35. The molecule has 2 aliphatic rings. The smallest absolute Gasteiger partial charge is 0.231 e. The maximum Gasteiger partial charge on any atom is 0.231 e. The molecule has 0 saturated heterocycles. The minimum Gasteiger partial charge on any atom is -0.454 e. The van der Waals surface area contributed by atoms with E-state index in [0.717, 1.165) is 40.9 Å². The highest BCUT2D eigenvalue weighted by molar-refractivity contribution is 9.10. The van der Waals surface area contributed by atoms with Crippen molar-refractivity contribution < 1.29 is 9.47 Å². The number of nitrogens with one attached hydrogen (secondary N) is 1. The van der Waals surface area contributed by atoms with Crippen LogP contribution in [-0.4, -0.2) is 13.3 Å². The molecule has 0 atom stereocenters. The summed E-state index contributed by atoms with van der Waals surface area (Å²) < 4.78 is 11.8. The molecule has 0 radical (unpaired) electrons. The van der Waals surface area contributed by atoms with Crippen molar-refractivity contribution >= 4 is 15.9 Å². The number of halogens is 1. The van der Waals surface area contributed by atoms with Crippen molar-refractivity contribution in [2.75, 3.05) is 13.3 Å². The Hall–Kier alpha value is -0.740. The molecular formula is C16H22BrNO2. The lowest BCUT2D eigenvalue weighted by Crippen LogP contribution is -2.25. The van der Waals surface area contributed by atoms with Crippen LogP contribution in [-0.2, 0) is 6.54 Å². The van der Waals surface area contributed by atoms with Gasteiger partial charge in [-0.05, 0) is 64.8 Å². The average molecular weight is 340 g/mol. The van der Waals surface area contributed by atoms with Crippen LogP contribution in [0.15, 0.2) is 16.6 Å². The molecular weight excluding hydrogens is 318 g/mol. The molecule has 4 heteroatoms. The van der Waals surface area contributed by atoms with Crippen LogP contribution in [0.4, 0.5) is 0 Å². The second-order valence-electron chi connectivity index (χ2n) is 6.07. The highest BCUT2D eigenvalue weighted by Crippen LogP contribution is 2.40. The third-order valence-electron chi connectivity index (χ3n) is 4.38. The molecule has 1 fully saturated rings. The number of benzene rings is 1. The van der Waals surface area contributed by atoms with Gasteiger partial charge in [0.2, 0.25) is 6.79 Å². The van der Waals surface area contributed by atoms with E-state index in [-0.39, 0.29) is 0 Å². The van der Waals surface area contributed by atoms with Gasteiger partial charge >= 0.3 is 0 Å². The Morgan fingerprint density at radius 1 is 1.20 bits per heavy atom. The third-order valence-corrected chi connectivity index (χ3v) is 4.97. The van der Waals surface area contributed by atoms with E-state index in [1.54, 1.807) is 0 Å². The van der Waals surface area contributed by atoms with Crippen LogP contribution in [0.25, 0.3) is 0 Å². The van der Waals surface area contributed by atoms with E-state index in [2.05, 4.69) is 40.3 Å². The van der Waals surface area contributed by atoms with E-state index < -0.39 is 0 Å². The molecule has 0 aromatic heterocycles. The molecule has 110 valence electrons. The molecule has 0 unspecified atom stereocenters. The van der Waals surface area contributed by atoms with Gasteiger partial charge in [-0.1, -0.05) is 19.8 Å². The van der Waals surface area contributed by atoms with Crippen LogP contribution >= 0.6 is 15.9 Å². The minimum atomic E-state index is 0.324. The largest absolute Gasteiger partial charge is 0.454 e. The van der Waals surface area contributed by atoms with E-state index in [0.29, 0.717) is 6.79 Å². The van der Waals surface area contributed by atoms with Crippen LogP contribution in [0.5, 0.6) is 11.5 Å². The summed E-state index contributed by atoms with van der Waals surface area (Å²) in [5.41, 5.74) is 1.24. The Morgan fingerprint density at radius 3 is 2.80 bits per heavy atom. The molecule has 3 nitrogen and oxygen atoms in total. The molecule has 1 aliphatic heterocycles. The van der Waals surface area contributed by atoms with Gasteiger partial charge in [-0.3, -0.25) is 0 Å². The Balaban J connectivity index is 1.50. The van der Waals surface area contributed by atoms with E-state index in [4.69, 9.17) is 9.47 Å². The molecule has 1 aromatic carbocycles. The lowest BCUT2D eigenvalue weighted by atomic mass is 9.83. The fourth-order valence-corrected chi connectivity index (χ4v) is 3.68. The summed E-state index contributed by atoms with van der Waals surface area (Å²) >= 11 is 3.54. The summed E-state index contributed by atoms with van der Waals surface area (Å²) in [7, 11) is 0. The third kappa shape index (κ3) is 3.29. The Bertz CT molecular complexity index is 470. The first kappa shape index (κ1) is 14.2. The molecule has 1 N–H and O–H groups in total. The van der Waals surface area contributed by atoms with Gasteiger partial charge in [-0.15, -0.1) is 0 Å². The molecule has 3 rings (SSSR count). The molecule has 0 spiro atoms. The summed E-state index contributed by atoms with van der Waals surface area (Å²) in [6, 6.07) is 4.19. The summed E-state index contributed by atoms with van der Waals surface area (Å²) in [5.74, 6) is 3.46. The Morgan fingerprint density at radius 2 is 2.00 bits per heavy atom. The summed E-state index contributed by atoms with van der Waals surface area (Å²) in [6.07, 6.45) is 5.53. The van der Waals surface area contributed by atoms with Crippen LogP contribution in [0, 0.1) is 11.8 Å². The zero-order valence-corrected chi connectivity index (χ0v) is 13.5. The van der Waals surface area contributed by atoms with Crippen molar-refractivity contribution in [3.63, 3.8) is 0 Å². The van der Waals surface area contributed by atoms with Gasteiger partial charge in [0.25, 0.3) is 0 Å². The molecule has 1 saturated carbocycles. The van der Waals surface area contributed by atoms with Crippen LogP contribution in [0.2, 0.25) is 0 Å².